The van der Waals surface area contributed by atoms with Crippen LogP contribution in [0.5, 0.6) is 11.5 Å². The van der Waals surface area contributed by atoms with Crippen LogP contribution in [-0.4, -0.2) is 62.8 Å². The van der Waals surface area contributed by atoms with Gasteiger partial charge in [-0.15, -0.1) is 12.4 Å². The fourth-order valence-electron chi connectivity index (χ4n) is 2.71. The fourth-order valence-corrected chi connectivity index (χ4v) is 2.71. The zero-order chi connectivity index (χ0) is 15.2. The molecular formula is C16H24ClN3O3. The van der Waals surface area contributed by atoms with Crippen LogP contribution in [0.3, 0.4) is 0 Å². The predicted molar refractivity (Wildman–Crippen MR) is 90.5 cm³/mol. The van der Waals surface area contributed by atoms with Crippen molar-refractivity contribution in [1.82, 2.24) is 15.5 Å². The largest absolute Gasteiger partial charge is 0.486 e. The van der Waals surface area contributed by atoms with Crippen molar-refractivity contribution in [3.05, 3.63) is 24.3 Å². The number of benzene rings is 1. The van der Waals surface area contributed by atoms with E-state index in [0.717, 1.165) is 44.1 Å². The van der Waals surface area contributed by atoms with Gasteiger partial charge in [0.1, 0.15) is 12.7 Å². The molecule has 2 aliphatic heterocycles. The van der Waals surface area contributed by atoms with Crippen LogP contribution in [0, 0.1) is 0 Å². The van der Waals surface area contributed by atoms with Crippen molar-refractivity contribution in [2.24, 2.45) is 0 Å². The number of halogens is 1. The van der Waals surface area contributed by atoms with E-state index in [1.54, 1.807) is 0 Å². The van der Waals surface area contributed by atoms with Crippen LogP contribution in [0.15, 0.2) is 24.3 Å². The van der Waals surface area contributed by atoms with E-state index in [9.17, 15) is 4.79 Å². The summed E-state index contributed by atoms with van der Waals surface area (Å²) in [5.74, 6) is 1.55. The molecule has 128 valence electrons. The maximum absolute atomic E-state index is 12.0. The molecular weight excluding hydrogens is 318 g/mol. The SMILES string of the molecule is Cl.O=C(CN1CCCNCC1)NCC1COc2ccccc2O1. The number of amides is 1. The molecule has 23 heavy (non-hydrogen) atoms. The van der Waals surface area contributed by atoms with Gasteiger partial charge in [0.25, 0.3) is 0 Å². The molecule has 2 heterocycles. The second-order valence-electron chi connectivity index (χ2n) is 5.68. The van der Waals surface area contributed by atoms with Crippen molar-refractivity contribution in [2.45, 2.75) is 12.5 Å². The smallest absolute Gasteiger partial charge is 0.234 e. The lowest BCUT2D eigenvalue weighted by atomic mass is 10.2. The Hall–Kier alpha value is -1.50. The summed E-state index contributed by atoms with van der Waals surface area (Å²) in [6.45, 7) is 5.26. The van der Waals surface area contributed by atoms with Gasteiger partial charge in [0.15, 0.2) is 11.5 Å². The minimum atomic E-state index is -0.135. The zero-order valence-corrected chi connectivity index (χ0v) is 13.9. The van der Waals surface area contributed by atoms with E-state index in [-0.39, 0.29) is 24.4 Å². The van der Waals surface area contributed by atoms with Gasteiger partial charge in [-0.2, -0.15) is 0 Å². The van der Waals surface area contributed by atoms with Crippen molar-refractivity contribution in [3.63, 3.8) is 0 Å². The molecule has 3 rings (SSSR count). The summed E-state index contributed by atoms with van der Waals surface area (Å²) in [6, 6.07) is 7.60. The Labute approximate surface area is 142 Å². The number of ether oxygens (including phenoxy) is 2. The number of nitrogens with one attached hydrogen (secondary N) is 2. The van der Waals surface area contributed by atoms with Crippen molar-refractivity contribution in [2.75, 3.05) is 45.9 Å². The molecule has 0 aromatic heterocycles. The lowest BCUT2D eigenvalue weighted by Gasteiger charge is -2.27. The molecule has 1 aromatic carbocycles. The molecule has 1 saturated heterocycles. The summed E-state index contributed by atoms with van der Waals surface area (Å²) in [5.41, 5.74) is 0. The normalized spacial score (nSPS) is 21.0. The van der Waals surface area contributed by atoms with Crippen LogP contribution in [-0.2, 0) is 4.79 Å². The first-order chi connectivity index (χ1) is 10.8. The number of carbonyl (C=O) groups is 1. The number of hydrogen-bond donors (Lipinski definition) is 2. The van der Waals surface area contributed by atoms with Gasteiger partial charge in [-0.25, -0.2) is 0 Å². The summed E-state index contributed by atoms with van der Waals surface area (Å²) in [5, 5.41) is 6.28. The number of para-hydroxylation sites is 2. The zero-order valence-electron chi connectivity index (χ0n) is 13.1. The Morgan fingerprint density at radius 1 is 1.26 bits per heavy atom. The van der Waals surface area contributed by atoms with E-state index < -0.39 is 0 Å². The highest BCUT2D eigenvalue weighted by atomic mass is 35.5. The molecule has 0 aliphatic carbocycles. The standard InChI is InChI=1S/C16H23N3O3.ClH/c20-16(11-19-8-3-6-17-7-9-19)18-10-13-12-21-14-4-1-2-5-15(14)22-13;/h1-2,4-5,13,17H,3,6-12H2,(H,18,20);1H. The molecule has 7 heteroatoms. The van der Waals surface area contributed by atoms with Crippen LogP contribution in [0.4, 0.5) is 0 Å². The van der Waals surface area contributed by atoms with Crippen molar-refractivity contribution < 1.29 is 14.3 Å². The highest BCUT2D eigenvalue weighted by molar-refractivity contribution is 5.85. The van der Waals surface area contributed by atoms with Crippen LogP contribution < -0.4 is 20.1 Å². The third-order valence-corrected chi connectivity index (χ3v) is 3.89. The Morgan fingerprint density at radius 2 is 2.09 bits per heavy atom. The summed E-state index contributed by atoms with van der Waals surface area (Å²) in [4.78, 5) is 14.2. The molecule has 6 nitrogen and oxygen atoms in total. The Bertz CT molecular complexity index is 507. The third-order valence-electron chi connectivity index (χ3n) is 3.89. The second kappa shape index (κ2) is 8.96. The Kier molecular flexibility index (Phi) is 6.95. The van der Waals surface area contributed by atoms with Crippen LogP contribution in [0.2, 0.25) is 0 Å². The molecule has 1 atom stereocenters. The summed E-state index contributed by atoms with van der Waals surface area (Å²) >= 11 is 0. The van der Waals surface area contributed by atoms with Gasteiger partial charge in [-0.3, -0.25) is 9.69 Å². The lowest BCUT2D eigenvalue weighted by Crippen LogP contribution is -2.44. The Morgan fingerprint density at radius 3 is 2.96 bits per heavy atom. The number of hydrogen-bond acceptors (Lipinski definition) is 5. The van der Waals surface area contributed by atoms with Gasteiger partial charge in [-0.1, -0.05) is 12.1 Å². The minimum Gasteiger partial charge on any atom is -0.486 e. The maximum Gasteiger partial charge on any atom is 0.234 e. The predicted octanol–water partition coefficient (Wildman–Crippen LogP) is 0.660. The van der Waals surface area contributed by atoms with Crippen molar-refractivity contribution in [3.8, 4) is 11.5 Å². The monoisotopic (exact) mass is 341 g/mol. The molecule has 0 spiro atoms. The molecule has 0 radical (unpaired) electrons. The lowest BCUT2D eigenvalue weighted by molar-refractivity contribution is -0.122. The fraction of sp³-hybridized carbons (Fsp3) is 0.562. The summed E-state index contributed by atoms with van der Waals surface area (Å²) in [6.07, 6.45) is 0.952. The van der Waals surface area contributed by atoms with E-state index in [4.69, 9.17) is 9.47 Å². The molecule has 2 N–H and O–H groups in total. The van der Waals surface area contributed by atoms with Crippen molar-refractivity contribution in [1.29, 1.82) is 0 Å². The quantitative estimate of drug-likeness (QED) is 0.842. The van der Waals surface area contributed by atoms with Crippen LogP contribution in [0.1, 0.15) is 6.42 Å². The molecule has 0 saturated carbocycles. The number of rotatable bonds is 4. The van der Waals surface area contributed by atoms with Gasteiger partial charge >= 0.3 is 0 Å². The van der Waals surface area contributed by atoms with Gasteiger partial charge < -0.3 is 20.1 Å². The second-order valence-corrected chi connectivity index (χ2v) is 5.68. The third kappa shape index (κ3) is 5.27. The Balaban J connectivity index is 0.00000192. The van der Waals surface area contributed by atoms with E-state index in [2.05, 4.69) is 15.5 Å². The molecule has 1 aromatic rings. The van der Waals surface area contributed by atoms with E-state index in [1.165, 1.54) is 0 Å². The van der Waals surface area contributed by atoms with E-state index >= 15 is 0 Å². The molecule has 2 aliphatic rings. The summed E-state index contributed by atoms with van der Waals surface area (Å²) in [7, 11) is 0. The average Bonchev–Trinajstić information content (AvgIpc) is 2.81. The maximum atomic E-state index is 12.0. The topological polar surface area (TPSA) is 62.8 Å². The van der Waals surface area contributed by atoms with Gasteiger partial charge in [0, 0.05) is 13.1 Å². The van der Waals surface area contributed by atoms with E-state index in [0.29, 0.717) is 19.7 Å². The number of nitrogens with zero attached hydrogens (tertiary/aromatic N) is 1. The van der Waals surface area contributed by atoms with Crippen molar-refractivity contribution >= 4 is 18.3 Å². The highest BCUT2D eigenvalue weighted by Crippen LogP contribution is 2.30. The van der Waals surface area contributed by atoms with Gasteiger partial charge in [-0.05, 0) is 31.6 Å². The van der Waals surface area contributed by atoms with E-state index in [1.807, 2.05) is 24.3 Å². The van der Waals surface area contributed by atoms with Crippen LogP contribution in [0.25, 0.3) is 0 Å². The number of carbonyl (C=O) groups excluding carboxylic acids is 1. The van der Waals surface area contributed by atoms with Gasteiger partial charge in [0.2, 0.25) is 5.91 Å². The minimum absolute atomic E-state index is 0. The number of fused-ring (bicyclic) bond motifs is 1. The molecule has 0 bridgehead atoms. The first-order valence-electron chi connectivity index (χ1n) is 7.89. The molecule has 1 unspecified atom stereocenters. The molecule has 1 fully saturated rings. The first-order valence-corrected chi connectivity index (χ1v) is 7.89. The average molecular weight is 342 g/mol. The van der Waals surface area contributed by atoms with Gasteiger partial charge in [0.05, 0.1) is 13.1 Å². The highest BCUT2D eigenvalue weighted by Gasteiger charge is 2.21. The first kappa shape index (κ1) is 17.8. The molecule has 1 amide bonds. The summed E-state index contributed by atoms with van der Waals surface area (Å²) < 4.78 is 11.5. The van der Waals surface area contributed by atoms with Crippen LogP contribution >= 0.6 is 12.4 Å².